The van der Waals surface area contributed by atoms with Crippen LogP contribution in [-0.2, 0) is 0 Å². The number of carbonyl (C=O) groups excluding carboxylic acids is 1. The highest BCUT2D eigenvalue weighted by Crippen LogP contribution is 2.32. The van der Waals surface area contributed by atoms with Crippen molar-refractivity contribution in [1.29, 1.82) is 0 Å². The number of amides is 1. The van der Waals surface area contributed by atoms with Crippen LogP contribution in [0.2, 0.25) is 0 Å². The van der Waals surface area contributed by atoms with E-state index < -0.39 is 5.91 Å². The largest absolute Gasteiger partial charge is 0.506 e. The molecule has 0 saturated heterocycles. The van der Waals surface area contributed by atoms with Gasteiger partial charge in [0, 0.05) is 10.4 Å². The van der Waals surface area contributed by atoms with Crippen molar-refractivity contribution in [3.63, 3.8) is 0 Å². The van der Waals surface area contributed by atoms with E-state index in [4.69, 9.17) is 4.74 Å². The summed E-state index contributed by atoms with van der Waals surface area (Å²) in [6.45, 7) is 1.95. The Morgan fingerprint density at radius 2 is 1.96 bits per heavy atom. The van der Waals surface area contributed by atoms with Crippen molar-refractivity contribution >= 4 is 38.3 Å². The molecule has 1 heterocycles. The number of ether oxygens (including phenoxy) is 1. The smallest absolute Gasteiger partial charge is 0.261 e. The van der Waals surface area contributed by atoms with Crippen LogP contribution in [0.3, 0.4) is 0 Å². The Morgan fingerprint density at radius 1 is 1.24 bits per heavy atom. The fourth-order valence-corrected chi connectivity index (χ4v) is 3.53. The molecule has 7 heteroatoms. The summed E-state index contributed by atoms with van der Waals surface area (Å²) in [4.78, 5) is 17.9. The molecule has 0 saturated carbocycles. The van der Waals surface area contributed by atoms with Gasteiger partial charge in [-0.25, -0.2) is 4.98 Å². The third-order valence-corrected chi connectivity index (χ3v) is 5.14. The van der Waals surface area contributed by atoms with E-state index >= 15 is 0 Å². The van der Waals surface area contributed by atoms with Crippen LogP contribution in [0.4, 0.5) is 5.13 Å². The summed E-state index contributed by atoms with van der Waals surface area (Å²) in [7, 11) is 1.62. The maximum atomic E-state index is 12.4. The fourth-order valence-electron chi connectivity index (χ4n) is 2.33. The standard InChI is InChI=1S/C18H15BrN2O3S/c1-10-15(11-6-8-12(24-2)9-7-11)20-18(25-10)21-17(23)13-4-3-5-14(19)16(13)22/h3-9,22H,1-2H3,(H,20,21,23). The molecule has 0 spiro atoms. The number of methoxy groups -OCH3 is 1. The molecule has 128 valence electrons. The Hall–Kier alpha value is -2.38. The number of halogens is 1. The molecule has 5 nitrogen and oxygen atoms in total. The van der Waals surface area contributed by atoms with E-state index in [1.807, 2.05) is 31.2 Å². The van der Waals surface area contributed by atoms with Crippen LogP contribution in [0, 0.1) is 6.92 Å². The van der Waals surface area contributed by atoms with Gasteiger partial charge in [0.2, 0.25) is 0 Å². The summed E-state index contributed by atoms with van der Waals surface area (Å²) in [6, 6.07) is 12.5. The molecular formula is C18H15BrN2O3S. The Bertz CT molecular complexity index is 923. The molecule has 1 aromatic heterocycles. The lowest BCUT2D eigenvalue weighted by molar-refractivity contribution is 0.102. The van der Waals surface area contributed by atoms with Crippen LogP contribution in [0.5, 0.6) is 11.5 Å². The fraction of sp³-hybridized carbons (Fsp3) is 0.111. The van der Waals surface area contributed by atoms with Crippen molar-refractivity contribution in [2.45, 2.75) is 6.92 Å². The van der Waals surface area contributed by atoms with Gasteiger partial charge in [-0.3, -0.25) is 10.1 Å². The van der Waals surface area contributed by atoms with E-state index in [1.165, 1.54) is 11.3 Å². The van der Waals surface area contributed by atoms with Crippen molar-refractivity contribution in [3.05, 3.63) is 57.4 Å². The second kappa shape index (κ2) is 7.25. The zero-order valence-corrected chi connectivity index (χ0v) is 15.9. The SMILES string of the molecule is COc1ccc(-c2nc(NC(=O)c3cccc(Br)c3O)sc2C)cc1. The number of hydrogen-bond donors (Lipinski definition) is 2. The van der Waals surface area contributed by atoms with Crippen molar-refractivity contribution in [2.75, 3.05) is 12.4 Å². The van der Waals surface area contributed by atoms with Crippen LogP contribution in [0.25, 0.3) is 11.3 Å². The van der Waals surface area contributed by atoms with Crippen LogP contribution >= 0.6 is 27.3 Å². The summed E-state index contributed by atoms with van der Waals surface area (Å²) >= 11 is 4.59. The topological polar surface area (TPSA) is 71.5 Å². The molecule has 25 heavy (non-hydrogen) atoms. The number of para-hydroxylation sites is 1. The van der Waals surface area contributed by atoms with Crippen molar-refractivity contribution < 1.29 is 14.6 Å². The molecule has 1 amide bonds. The van der Waals surface area contributed by atoms with Crippen molar-refractivity contribution in [2.24, 2.45) is 0 Å². The van der Waals surface area contributed by atoms with Crippen LogP contribution < -0.4 is 10.1 Å². The lowest BCUT2D eigenvalue weighted by Crippen LogP contribution is -2.11. The number of aromatic nitrogens is 1. The number of nitrogens with zero attached hydrogens (tertiary/aromatic N) is 1. The van der Waals surface area contributed by atoms with E-state index in [0.717, 1.165) is 21.9 Å². The van der Waals surface area contributed by atoms with Crippen molar-refractivity contribution in [3.8, 4) is 22.8 Å². The van der Waals surface area contributed by atoms with Gasteiger partial charge in [0.1, 0.15) is 11.5 Å². The van der Waals surface area contributed by atoms with Gasteiger partial charge in [0.05, 0.1) is 22.8 Å². The first kappa shape index (κ1) is 17.4. The molecule has 0 aliphatic heterocycles. The number of phenols is 1. The highest BCUT2D eigenvalue weighted by Gasteiger charge is 2.16. The second-order valence-corrected chi connectivity index (χ2v) is 7.30. The number of phenolic OH excluding ortho intramolecular Hbond substituents is 1. The van der Waals surface area contributed by atoms with Crippen LogP contribution in [0.1, 0.15) is 15.2 Å². The summed E-state index contributed by atoms with van der Waals surface area (Å²) in [5, 5.41) is 13.2. The predicted molar refractivity (Wildman–Crippen MR) is 103 cm³/mol. The van der Waals surface area contributed by atoms with E-state index in [-0.39, 0.29) is 11.3 Å². The Morgan fingerprint density at radius 3 is 2.64 bits per heavy atom. The Kier molecular flexibility index (Phi) is 5.06. The average molecular weight is 419 g/mol. The summed E-state index contributed by atoms with van der Waals surface area (Å²) in [6.07, 6.45) is 0. The maximum absolute atomic E-state index is 12.4. The number of nitrogens with one attached hydrogen (secondary N) is 1. The number of anilines is 1. The Labute approximate surface area is 157 Å². The minimum absolute atomic E-state index is 0.0938. The zero-order chi connectivity index (χ0) is 18.0. The van der Waals surface area contributed by atoms with Gasteiger partial charge < -0.3 is 9.84 Å². The van der Waals surface area contributed by atoms with Gasteiger partial charge in [0.15, 0.2) is 5.13 Å². The lowest BCUT2D eigenvalue weighted by atomic mass is 10.1. The molecule has 0 aliphatic carbocycles. The summed E-state index contributed by atoms with van der Waals surface area (Å²) in [5.41, 5.74) is 1.94. The molecule has 3 aromatic rings. The molecule has 2 aromatic carbocycles. The average Bonchev–Trinajstić information content (AvgIpc) is 2.97. The second-order valence-electron chi connectivity index (χ2n) is 5.24. The minimum Gasteiger partial charge on any atom is -0.506 e. The zero-order valence-electron chi connectivity index (χ0n) is 13.5. The third-order valence-electron chi connectivity index (χ3n) is 3.61. The number of thiazole rings is 1. The van der Waals surface area contributed by atoms with Gasteiger partial charge in [0.25, 0.3) is 5.91 Å². The van der Waals surface area contributed by atoms with E-state index in [1.54, 1.807) is 25.3 Å². The highest BCUT2D eigenvalue weighted by atomic mass is 79.9. The van der Waals surface area contributed by atoms with Gasteiger partial charge in [-0.15, -0.1) is 11.3 Å². The number of carbonyl (C=O) groups is 1. The number of hydrogen-bond acceptors (Lipinski definition) is 5. The number of rotatable bonds is 4. The van der Waals surface area contributed by atoms with Gasteiger partial charge >= 0.3 is 0 Å². The first-order valence-corrected chi connectivity index (χ1v) is 9.01. The summed E-state index contributed by atoms with van der Waals surface area (Å²) in [5.74, 6) is 0.271. The number of aromatic hydroxyl groups is 1. The van der Waals surface area contributed by atoms with Crippen molar-refractivity contribution in [1.82, 2.24) is 4.98 Å². The first-order chi connectivity index (χ1) is 12.0. The molecule has 2 N–H and O–H groups in total. The van der Waals surface area contributed by atoms with Gasteiger partial charge in [-0.05, 0) is 59.3 Å². The Balaban J connectivity index is 1.84. The van der Waals surface area contributed by atoms with Crippen LogP contribution in [0.15, 0.2) is 46.9 Å². The molecule has 0 unspecified atom stereocenters. The predicted octanol–water partition coefficient (Wildman–Crippen LogP) is 4.85. The quantitative estimate of drug-likeness (QED) is 0.635. The summed E-state index contributed by atoms with van der Waals surface area (Å²) < 4.78 is 5.63. The van der Waals surface area contributed by atoms with Crippen LogP contribution in [-0.4, -0.2) is 23.1 Å². The highest BCUT2D eigenvalue weighted by molar-refractivity contribution is 9.10. The molecule has 0 fully saturated rings. The molecule has 3 rings (SSSR count). The van der Waals surface area contributed by atoms with E-state index in [0.29, 0.717) is 9.60 Å². The molecule has 0 bridgehead atoms. The molecule has 0 aliphatic rings. The van der Waals surface area contributed by atoms with E-state index in [9.17, 15) is 9.90 Å². The van der Waals surface area contributed by atoms with Gasteiger partial charge in [-0.1, -0.05) is 6.07 Å². The molecular weight excluding hydrogens is 404 g/mol. The maximum Gasteiger partial charge on any atom is 0.261 e. The van der Waals surface area contributed by atoms with E-state index in [2.05, 4.69) is 26.2 Å². The number of benzene rings is 2. The lowest BCUT2D eigenvalue weighted by Gasteiger charge is -2.05. The first-order valence-electron chi connectivity index (χ1n) is 7.40. The molecule has 0 atom stereocenters. The molecule has 0 radical (unpaired) electrons. The number of aryl methyl sites for hydroxylation is 1. The third kappa shape index (κ3) is 3.67. The van der Waals surface area contributed by atoms with Gasteiger partial charge in [-0.2, -0.15) is 0 Å². The minimum atomic E-state index is -0.408. The normalized spacial score (nSPS) is 10.5. The monoisotopic (exact) mass is 418 g/mol.